The number of benzene rings is 1. The Morgan fingerprint density at radius 2 is 2.18 bits per heavy atom. The van der Waals surface area contributed by atoms with E-state index in [2.05, 4.69) is 37.1 Å². The van der Waals surface area contributed by atoms with Crippen LogP contribution < -0.4 is 4.90 Å². The molecule has 2 atom stereocenters. The van der Waals surface area contributed by atoms with Crippen molar-refractivity contribution in [1.82, 2.24) is 24.6 Å². The molecule has 0 N–H and O–H groups in total. The van der Waals surface area contributed by atoms with Gasteiger partial charge >= 0.3 is 0 Å². The molecule has 5 rings (SSSR count). The maximum absolute atomic E-state index is 9.28. The van der Waals surface area contributed by atoms with Crippen molar-refractivity contribution in [2.24, 2.45) is 13.0 Å². The summed E-state index contributed by atoms with van der Waals surface area (Å²) in [6.07, 6.45) is 5.08. The summed E-state index contributed by atoms with van der Waals surface area (Å²) in [5.74, 6) is 3.11. The van der Waals surface area contributed by atoms with Crippen molar-refractivity contribution in [1.29, 1.82) is 5.26 Å². The molecule has 0 radical (unpaired) electrons. The average Bonchev–Trinajstić information content (AvgIpc) is 3.54. The predicted molar refractivity (Wildman–Crippen MR) is 128 cm³/mol. The summed E-state index contributed by atoms with van der Waals surface area (Å²) < 4.78 is 7.45. The number of piperidine rings is 1. The van der Waals surface area contributed by atoms with Crippen LogP contribution in [0, 0.1) is 24.2 Å². The van der Waals surface area contributed by atoms with Gasteiger partial charge in [0.2, 0.25) is 5.82 Å². The molecule has 2 unspecified atom stereocenters. The van der Waals surface area contributed by atoms with Crippen molar-refractivity contribution in [3.8, 4) is 17.7 Å². The zero-order valence-corrected chi connectivity index (χ0v) is 20.0. The Morgan fingerprint density at radius 1 is 1.27 bits per heavy atom. The standard InChI is InChI=1S/C24H29N7OS/c1-17-22(32-16-26-17)23-27-28-24(29(23)2)33-11-5-9-30-14-19-7-4-10-31(21(19)15-30)20-8-3-6-18(12-20)13-25/h3,6,8,12,16,19,21H,4-5,7,9-11,14-15H2,1-2H3. The summed E-state index contributed by atoms with van der Waals surface area (Å²) in [7, 11) is 1.97. The number of thioether (sulfide) groups is 1. The number of hydrogen-bond donors (Lipinski definition) is 0. The van der Waals surface area contributed by atoms with E-state index in [1.54, 1.807) is 11.8 Å². The van der Waals surface area contributed by atoms with Crippen LogP contribution in [0.4, 0.5) is 5.69 Å². The predicted octanol–water partition coefficient (Wildman–Crippen LogP) is 3.73. The molecule has 0 amide bonds. The summed E-state index contributed by atoms with van der Waals surface area (Å²) in [5.41, 5.74) is 2.76. The van der Waals surface area contributed by atoms with Crippen LogP contribution in [0.25, 0.3) is 11.6 Å². The highest BCUT2D eigenvalue weighted by Crippen LogP contribution is 2.34. The highest BCUT2D eigenvalue weighted by atomic mass is 32.2. The van der Waals surface area contributed by atoms with Crippen molar-refractivity contribution < 1.29 is 4.42 Å². The van der Waals surface area contributed by atoms with E-state index in [9.17, 15) is 5.26 Å². The summed E-state index contributed by atoms with van der Waals surface area (Å²) in [4.78, 5) is 9.30. The third kappa shape index (κ3) is 4.50. The first-order valence-electron chi connectivity index (χ1n) is 11.6. The first-order chi connectivity index (χ1) is 16.1. The van der Waals surface area contributed by atoms with Gasteiger partial charge in [-0.2, -0.15) is 5.26 Å². The van der Waals surface area contributed by atoms with Gasteiger partial charge in [-0.15, -0.1) is 10.2 Å². The lowest BCUT2D eigenvalue weighted by atomic mass is 9.91. The van der Waals surface area contributed by atoms with E-state index in [-0.39, 0.29) is 0 Å². The molecule has 0 bridgehead atoms. The van der Waals surface area contributed by atoms with Gasteiger partial charge in [-0.3, -0.25) is 0 Å². The molecule has 2 saturated heterocycles. The second kappa shape index (κ2) is 9.57. The Kier molecular flexibility index (Phi) is 6.38. The topological polar surface area (TPSA) is 87.0 Å². The minimum absolute atomic E-state index is 0.548. The first-order valence-corrected chi connectivity index (χ1v) is 12.5. The number of anilines is 1. The number of rotatable bonds is 7. The SMILES string of the molecule is Cc1ncoc1-c1nnc(SCCCN2CC3CCCN(c4cccc(C#N)c4)C3C2)n1C. The van der Waals surface area contributed by atoms with Gasteiger partial charge in [0.25, 0.3) is 0 Å². The largest absolute Gasteiger partial charge is 0.440 e. The maximum atomic E-state index is 9.28. The lowest BCUT2D eigenvalue weighted by molar-refractivity contribution is 0.322. The van der Waals surface area contributed by atoms with Gasteiger partial charge in [-0.05, 0) is 56.8 Å². The minimum atomic E-state index is 0.548. The van der Waals surface area contributed by atoms with E-state index in [4.69, 9.17) is 4.42 Å². The number of nitrogens with zero attached hydrogens (tertiary/aromatic N) is 7. The highest BCUT2D eigenvalue weighted by molar-refractivity contribution is 7.99. The second-order valence-electron chi connectivity index (χ2n) is 8.92. The highest BCUT2D eigenvalue weighted by Gasteiger charge is 2.38. The van der Waals surface area contributed by atoms with Crippen LogP contribution in [0.3, 0.4) is 0 Å². The molecular weight excluding hydrogens is 434 g/mol. The molecule has 8 nitrogen and oxygen atoms in total. The van der Waals surface area contributed by atoms with Crippen molar-refractivity contribution in [2.75, 3.05) is 36.8 Å². The van der Waals surface area contributed by atoms with E-state index >= 15 is 0 Å². The number of aryl methyl sites for hydroxylation is 1. The first kappa shape index (κ1) is 22.0. The molecule has 1 aromatic carbocycles. The molecule has 2 fully saturated rings. The van der Waals surface area contributed by atoms with E-state index in [0.29, 0.717) is 17.7 Å². The number of fused-ring (bicyclic) bond motifs is 1. The van der Waals surface area contributed by atoms with Gasteiger partial charge in [-0.1, -0.05) is 17.8 Å². The molecule has 2 aliphatic heterocycles. The third-order valence-electron chi connectivity index (χ3n) is 6.80. The molecular formula is C24H29N7OS. The number of oxazole rings is 1. The van der Waals surface area contributed by atoms with Gasteiger partial charge in [0.05, 0.1) is 17.3 Å². The van der Waals surface area contributed by atoms with Crippen LogP contribution in [0.5, 0.6) is 0 Å². The lowest BCUT2D eigenvalue weighted by Gasteiger charge is -2.39. The molecule has 2 aliphatic rings. The van der Waals surface area contributed by atoms with Crippen LogP contribution in [0.2, 0.25) is 0 Å². The van der Waals surface area contributed by atoms with Crippen LogP contribution in [0.1, 0.15) is 30.5 Å². The van der Waals surface area contributed by atoms with E-state index in [1.807, 2.05) is 36.7 Å². The Morgan fingerprint density at radius 3 is 3.00 bits per heavy atom. The van der Waals surface area contributed by atoms with Crippen molar-refractivity contribution in [2.45, 2.75) is 37.4 Å². The zero-order chi connectivity index (χ0) is 22.8. The number of nitriles is 1. The van der Waals surface area contributed by atoms with Crippen molar-refractivity contribution >= 4 is 17.4 Å². The Balaban J connectivity index is 1.14. The van der Waals surface area contributed by atoms with Crippen LogP contribution in [-0.2, 0) is 7.05 Å². The van der Waals surface area contributed by atoms with E-state index in [1.165, 1.54) is 31.5 Å². The number of aromatic nitrogens is 4. The summed E-state index contributed by atoms with van der Waals surface area (Å²) in [6, 6.07) is 10.9. The van der Waals surface area contributed by atoms with Crippen molar-refractivity contribution in [3.63, 3.8) is 0 Å². The number of likely N-dealkylation sites (tertiary alicyclic amines) is 1. The molecule has 0 aliphatic carbocycles. The number of hydrogen-bond acceptors (Lipinski definition) is 8. The fourth-order valence-corrected chi connectivity index (χ4v) is 5.97. The van der Waals surface area contributed by atoms with Crippen LogP contribution in [0.15, 0.2) is 40.2 Å². The molecule has 0 spiro atoms. The quantitative estimate of drug-likeness (QED) is 0.387. The van der Waals surface area contributed by atoms with Gasteiger partial charge in [0, 0.05) is 44.2 Å². The fraction of sp³-hybridized carbons (Fsp3) is 0.500. The summed E-state index contributed by atoms with van der Waals surface area (Å²) in [6.45, 7) is 6.36. The van der Waals surface area contributed by atoms with E-state index in [0.717, 1.165) is 54.0 Å². The molecule has 2 aromatic heterocycles. The normalized spacial score (nSPS) is 20.7. The molecule has 3 aromatic rings. The smallest absolute Gasteiger partial charge is 0.202 e. The van der Waals surface area contributed by atoms with E-state index < -0.39 is 0 Å². The third-order valence-corrected chi connectivity index (χ3v) is 7.90. The maximum Gasteiger partial charge on any atom is 0.202 e. The molecule has 172 valence electrons. The molecule has 9 heteroatoms. The molecule has 4 heterocycles. The second-order valence-corrected chi connectivity index (χ2v) is 9.98. The van der Waals surface area contributed by atoms with Crippen LogP contribution in [-0.4, -0.2) is 62.6 Å². The lowest BCUT2D eigenvalue weighted by Crippen LogP contribution is -2.45. The Bertz CT molecular complexity index is 1150. The Labute approximate surface area is 198 Å². The van der Waals surface area contributed by atoms with Crippen LogP contribution >= 0.6 is 11.8 Å². The van der Waals surface area contributed by atoms with Crippen molar-refractivity contribution in [3.05, 3.63) is 41.9 Å². The van der Waals surface area contributed by atoms with Gasteiger partial charge in [0.1, 0.15) is 0 Å². The van der Waals surface area contributed by atoms with Gasteiger partial charge in [-0.25, -0.2) is 4.98 Å². The summed E-state index contributed by atoms with van der Waals surface area (Å²) >= 11 is 1.74. The zero-order valence-electron chi connectivity index (χ0n) is 19.1. The Hall–Kier alpha value is -2.83. The average molecular weight is 464 g/mol. The minimum Gasteiger partial charge on any atom is -0.440 e. The monoisotopic (exact) mass is 463 g/mol. The van der Waals surface area contributed by atoms with Gasteiger partial charge in [0.15, 0.2) is 17.3 Å². The summed E-state index contributed by atoms with van der Waals surface area (Å²) in [5, 5.41) is 18.8. The molecule has 0 saturated carbocycles. The fourth-order valence-electron chi connectivity index (χ4n) is 5.13. The van der Waals surface area contributed by atoms with Gasteiger partial charge < -0.3 is 18.8 Å². The molecule has 33 heavy (non-hydrogen) atoms.